The molecule has 1 N–H and O–H groups in total. The Bertz CT molecular complexity index is 645. The lowest BCUT2D eigenvalue weighted by molar-refractivity contribution is -0.387. The minimum Gasteiger partial charge on any atom is -0.480 e. The van der Waals surface area contributed by atoms with Crippen molar-refractivity contribution in [2.45, 2.75) is 11.8 Å². The van der Waals surface area contributed by atoms with Gasteiger partial charge in [-0.2, -0.15) is 8.70 Å². The predicted octanol–water partition coefficient (Wildman–Crippen LogP) is 0.829. The van der Waals surface area contributed by atoms with E-state index in [9.17, 15) is 27.7 Å². The van der Waals surface area contributed by atoms with E-state index in [1.165, 1.54) is 6.92 Å². The van der Waals surface area contributed by atoms with Gasteiger partial charge in [-0.05, 0) is 12.1 Å². The maximum atomic E-state index is 13.2. The average Bonchev–Trinajstić information content (AvgIpc) is 2.35. The van der Waals surface area contributed by atoms with Crippen LogP contribution in [0.2, 0.25) is 0 Å². The molecule has 0 aliphatic carbocycles. The van der Waals surface area contributed by atoms with E-state index in [2.05, 4.69) is 0 Å². The summed E-state index contributed by atoms with van der Waals surface area (Å²) in [6, 6.07) is 2.07. The molecule has 0 atom stereocenters. The van der Waals surface area contributed by atoms with Crippen LogP contribution in [0.1, 0.15) is 6.92 Å². The van der Waals surface area contributed by atoms with E-state index >= 15 is 0 Å². The molecule has 0 unspecified atom stereocenters. The van der Waals surface area contributed by atoms with Gasteiger partial charge in [0.1, 0.15) is 6.54 Å². The van der Waals surface area contributed by atoms with Crippen LogP contribution in [0.15, 0.2) is 23.1 Å². The molecule has 0 aliphatic rings. The van der Waals surface area contributed by atoms with Gasteiger partial charge in [-0.3, -0.25) is 14.9 Å². The van der Waals surface area contributed by atoms with E-state index in [-0.39, 0.29) is 6.54 Å². The zero-order valence-electron chi connectivity index (χ0n) is 10.3. The quantitative estimate of drug-likeness (QED) is 0.614. The second-order valence-electron chi connectivity index (χ2n) is 3.70. The fraction of sp³-hybridized carbons (Fsp3) is 0.300. The van der Waals surface area contributed by atoms with Crippen LogP contribution in [0.4, 0.5) is 10.1 Å². The van der Waals surface area contributed by atoms with Crippen LogP contribution in [0.25, 0.3) is 0 Å². The summed E-state index contributed by atoms with van der Waals surface area (Å²) in [4.78, 5) is 19.6. The summed E-state index contributed by atoms with van der Waals surface area (Å²) in [5.41, 5.74) is -0.988. The van der Waals surface area contributed by atoms with Crippen LogP contribution in [0, 0.1) is 15.9 Å². The van der Waals surface area contributed by atoms with E-state index in [1.54, 1.807) is 0 Å². The number of hydrogen-bond donors (Lipinski definition) is 1. The zero-order chi connectivity index (χ0) is 15.5. The molecule has 1 aromatic rings. The number of halogens is 1. The highest BCUT2D eigenvalue weighted by atomic mass is 32.2. The number of aliphatic carboxylic acids is 1. The fourth-order valence-corrected chi connectivity index (χ4v) is 2.88. The van der Waals surface area contributed by atoms with Gasteiger partial charge in [-0.15, -0.1) is 0 Å². The normalized spacial score (nSPS) is 11.6. The standard InChI is InChI=1S/C10H11FN2O6S/c1-2-12(6-10(14)15)20(18,19)7-3-4-8(11)9(5-7)13(16)17/h3-5H,2,6H2,1H3,(H,14,15). The Hall–Kier alpha value is -2.07. The van der Waals surface area contributed by atoms with E-state index in [0.29, 0.717) is 16.4 Å². The summed E-state index contributed by atoms with van der Waals surface area (Å²) in [6.45, 7) is 0.488. The zero-order valence-corrected chi connectivity index (χ0v) is 11.1. The minimum absolute atomic E-state index is 0.139. The SMILES string of the molecule is CCN(CC(=O)O)S(=O)(=O)c1ccc(F)c([N+](=O)[O-])c1. The van der Waals surface area contributed by atoms with Crippen LogP contribution >= 0.6 is 0 Å². The Kier molecular flexibility index (Phi) is 4.73. The Morgan fingerprint density at radius 3 is 2.55 bits per heavy atom. The molecular formula is C10H11FN2O6S. The van der Waals surface area contributed by atoms with Crippen molar-refractivity contribution in [1.82, 2.24) is 4.31 Å². The number of nitro benzene ring substituents is 1. The molecule has 10 heteroatoms. The van der Waals surface area contributed by atoms with Crippen molar-refractivity contribution in [2.75, 3.05) is 13.1 Å². The van der Waals surface area contributed by atoms with Crippen molar-refractivity contribution < 1.29 is 27.6 Å². The summed E-state index contributed by atoms with van der Waals surface area (Å²) in [6.07, 6.45) is 0. The number of sulfonamides is 1. The van der Waals surface area contributed by atoms with E-state index in [4.69, 9.17) is 5.11 Å². The van der Waals surface area contributed by atoms with E-state index in [1.807, 2.05) is 0 Å². The molecule has 0 amide bonds. The van der Waals surface area contributed by atoms with Crippen molar-refractivity contribution in [1.29, 1.82) is 0 Å². The van der Waals surface area contributed by atoms with Gasteiger partial charge in [0.05, 0.1) is 9.82 Å². The molecule has 0 radical (unpaired) electrons. The summed E-state index contributed by atoms with van der Waals surface area (Å²) in [5, 5.41) is 19.2. The van der Waals surface area contributed by atoms with Crippen LogP contribution in [0.5, 0.6) is 0 Å². The van der Waals surface area contributed by atoms with E-state index < -0.39 is 43.9 Å². The highest BCUT2D eigenvalue weighted by Gasteiger charge is 2.28. The molecule has 0 aromatic heterocycles. The Morgan fingerprint density at radius 2 is 2.10 bits per heavy atom. The van der Waals surface area contributed by atoms with Gasteiger partial charge in [0.25, 0.3) is 0 Å². The molecule has 1 aromatic carbocycles. The highest BCUT2D eigenvalue weighted by molar-refractivity contribution is 7.89. The third-order valence-electron chi connectivity index (χ3n) is 2.42. The molecular weight excluding hydrogens is 295 g/mol. The Balaban J connectivity index is 3.31. The molecule has 0 fully saturated rings. The Morgan fingerprint density at radius 1 is 1.50 bits per heavy atom. The lowest BCUT2D eigenvalue weighted by Crippen LogP contribution is -2.35. The van der Waals surface area contributed by atoms with Crippen molar-refractivity contribution >= 4 is 21.7 Å². The van der Waals surface area contributed by atoms with E-state index in [0.717, 1.165) is 6.07 Å². The molecule has 0 aliphatic heterocycles. The second-order valence-corrected chi connectivity index (χ2v) is 5.63. The van der Waals surface area contributed by atoms with Gasteiger partial charge in [0, 0.05) is 12.6 Å². The Labute approximate surface area is 113 Å². The molecule has 0 saturated heterocycles. The first-order valence-corrected chi connectivity index (χ1v) is 6.80. The molecule has 20 heavy (non-hydrogen) atoms. The fourth-order valence-electron chi connectivity index (χ4n) is 1.46. The molecule has 0 bridgehead atoms. The lowest BCUT2D eigenvalue weighted by Gasteiger charge is -2.18. The number of carboxylic acid groups (broad SMARTS) is 1. The van der Waals surface area contributed by atoms with Gasteiger partial charge >= 0.3 is 11.7 Å². The number of hydrogen-bond acceptors (Lipinski definition) is 5. The number of nitrogens with zero attached hydrogens (tertiary/aromatic N) is 2. The number of likely N-dealkylation sites (N-methyl/N-ethyl adjacent to an activating group) is 1. The lowest BCUT2D eigenvalue weighted by atomic mass is 10.3. The molecule has 8 nitrogen and oxygen atoms in total. The number of nitro groups is 1. The summed E-state index contributed by atoms with van der Waals surface area (Å²) < 4.78 is 38.0. The van der Waals surface area contributed by atoms with Crippen molar-refractivity contribution in [2.24, 2.45) is 0 Å². The predicted molar refractivity (Wildman–Crippen MR) is 65.1 cm³/mol. The maximum Gasteiger partial charge on any atom is 0.318 e. The molecule has 110 valence electrons. The smallest absolute Gasteiger partial charge is 0.318 e. The third-order valence-corrected chi connectivity index (χ3v) is 4.33. The first-order valence-electron chi connectivity index (χ1n) is 5.36. The first kappa shape index (κ1) is 16.0. The van der Waals surface area contributed by atoms with Crippen molar-refractivity contribution in [3.8, 4) is 0 Å². The third kappa shape index (κ3) is 3.27. The molecule has 1 rings (SSSR count). The van der Waals surface area contributed by atoms with Gasteiger partial charge in [0.2, 0.25) is 15.8 Å². The van der Waals surface area contributed by atoms with Gasteiger partial charge in [-0.1, -0.05) is 6.92 Å². The van der Waals surface area contributed by atoms with Crippen LogP contribution in [-0.4, -0.2) is 41.8 Å². The largest absolute Gasteiger partial charge is 0.480 e. The number of benzene rings is 1. The van der Waals surface area contributed by atoms with Gasteiger partial charge < -0.3 is 5.11 Å². The topological polar surface area (TPSA) is 118 Å². The van der Waals surface area contributed by atoms with Gasteiger partial charge in [-0.25, -0.2) is 8.42 Å². The summed E-state index contributed by atoms with van der Waals surface area (Å²) in [5.74, 6) is -2.54. The van der Waals surface area contributed by atoms with Crippen LogP contribution < -0.4 is 0 Å². The van der Waals surface area contributed by atoms with Crippen molar-refractivity contribution in [3.05, 3.63) is 34.1 Å². The second kappa shape index (κ2) is 5.92. The van der Waals surface area contributed by atoms with Gasteiger partial charge in [0.15, 0.2) is 0 Å². The molecule has 0 saturated carbocycles. The van der Waals surface area contributed by atoms with Crippen molar-refractivity contribution in [3.63, 3.8) is 0 Å². The van der Waals surface area contributed by atoms with Crippen LogP contribution in [0.3, 0.4) is 0 Å². The average molecular weight is 306 g/mol. The maximum absolute atomic E-state index is 13.2. The minimum atomic E-state index is -4.24. The highest BCUT2D eigenvalue weighted by Crippen LogP contribution is 2.23. The number of carbonyl (C=O) groups is 1. The molecule has 0 spiro atoms. The summed E-state index contributed by atoms with van der Waals surface area (Å²) in [7, 11) is -4.24. The molecule has 0 heterocycles. The summed E-state index contributed by atoms with van der Waals surface area (Å²) >= 11 is 0. The first-order chi connectivity index (χ1) is 9.20. The van der Waals surface area contributed by atoms with Crippen LogP contribution in [-0.2, 0) is 14.8 Å². The number of carboxylic acids is 1. The number of rotatable bonds is 6. The monoisotopic (exact) mass is 306 g/mol.